The average molecular weight is 661 g/mol. The lowest BCUT2D eigenvalue weighted by Gasteiger charge is -2.27. The number of nitrogens with two attached hydrogens (primary N) is 2. The molecule has 7 N–H and O–H groups in total. The summed E-state index contributed by atoms with van der Waals surface area (Å²) >= 11 is 0. The standard InChI is InChI=1S/C29H29B2N5O12/c32-26(40)13-6-16(18-12-47-31(45)20(18)8-13)15-7-14-11-46-30(44)19(14)9-17(15)29(43)35-5-1-2-22(35)28(42)34-21(27(33)41)10-25(39)48-36-23(37)3-4-24(36)38/h6-9,21-22,44-45H,1-5,10-12H2,(H2,32,40)(H2,33,41)(H,34,42)/t21-,22-/m0/s1. The molecule has 4 aliphatic heterocycles. The first-order chi connectivity index (χ1) is 22.8. The maximum Gasteiger partial charge on any atom is 0.491 e. The highest BCUT2D eigenvalue weighted by atomic mass is 16.7. The molecule has 0 spiro atoms. The summed E-state index contributed by atoms with van der Waals surface area (Å²) in [4.78, 5) is 94.3. The van der Waals surface area contributed by atoms with E-state index in [0.717, 1.165) is 0 Å². The molecule has 19 heteroatoms. The summed E-state index contributed by atoms with van der Waals surface area (Å²) in [6.45, 7) is 0.108. The number of hydrogen-bond donors (Lipinski definition) is 5. The van der Waals surface area contributed by atoms with E-state index in [2.05, 4.69) is 5.32 Å². The van der Waals surface area contributed by atoms with Crippen LogP contribution in [0.4, 0.5) is 0 Å². The SMILES string of the molecule is NC(=O)c1cc2c(c(-c3cc4c(cc3C(=O)N3CCC[C@H]3C(=O)N[C@@H](CC(=O)ON3C(=O)CCC3=O)C(N)=O)B(O)OC4)c1)COB2O. The molecule has 0 saturated carbocycles. The first-order valence-electron chi connectivity index (χ1n) is 15.0. The number of nitrogens with one attached hydrogen (secondary N) is 1. The largest absolute Gasteiger partial charge is 0.491 e. The van der Waals surface area contributed by atoms with Gasteiger partial charge in [0.15, 0.2) is 0 Å². The number of fused-ring (bicyclic) bond motifs is 2. The zero-order valence-corrected chi connectivity index (χ0v) is 25.3. The second kappa shape index (κ2) is 12.8. The number of amides is 6. The summed E-state index contributed by atoms with van der Waals surface area (Å²) in [7, 11) is -2.66. The Hall–Kier alpha value is -5.10. The minimum Gasteiger partial charge on any atom is -0.423 e. The quantitative estimate of drug-likeness (QED) is 0.129. The van der Waals surface area contributed by atoms with Crippen LogP contribution in [-0.2, 0) is 51.3 Å². The van der Waals surface area contributed by atoms with E-state index >= 15 is 0 Å². The molecule has 4 heterocycles. The Kier molecular flexibility index (Phi) is 8.78. The van der Waals surface area contributed by atoms with Gasteiger partial charge in [0.25, 0.3) is 17.7 Å². The van der Waals surface area contributed by atoms with Crippen molar-refractivity contribution in [1.82, 2.24) is 15.3 Å². The topological polar surface area (TPSA) is 258 Å². The first kappa shape index (κ1) is 32.8. The summed E-state index contributed by atoms with van der Waals surface area (Å²) in [5, 5.41) is 23.5. The summed E-state index contributed by atoms with van der Waals surface area (Å²) in [5.74, 6) is -5.94. The minimum absolute atomic E-state index is 0.0283. The fourth-order valence-corrected chi connectivity index (χ4v) is 6.28. The molecule has 4 aliphatic rings. The third kappa shape index (κ3) is 6.03. The van der Waals surface area contributed by atoms with Crippen molar-refractivity contribution in [2.45, 2.75) is 57.4 Å². The van der Waals surface area contributed by atoms with Gasteiger partial charge in [0.2, 0.25) is 17.7 Å². The van der Waals surface area contributed by atoms with Gasteiger partial charge in [0.05, 0.1) is 19.6 Å². The molecule has 2 fully saturated rings. The molecule has 0 bridgehead atoms. The molecule has 2 saturated heterocycles. The van der Waals surface area contributed by atoms with E-state index in [4.69, 9.17) is 25.6 Å². The van der Waals surface area contributed by atoms with Gasteiger partial charge in [0.1, 0.15) is 12.1 Å². The molecule has 2 aromatic rings. The van der Waals surface area contributed by atoms with E-state index in [-0.39, 0.29) is 50.1 Å². The molecule has 0 aromatic heterocycles. The molecule has 2 aromatic carbocycles. The number of carbonyl (C=O) groups excluding carboxylic acids is 7. The third-order valence-corrected chi connectivity index (χ3v) is 8.73. The molecule has 248 valence electrons. The van der Waals surface area contributed by atoms with Gasteiger partial charge in [-0.3, -0.25) is 28.8 Å². The number of likely N-dealkylation sites (tertiary alicyclic amines) is 1. The van der Waals surface area contributed by atoms with Gasteiger partial charge in [-0.1, -0.05) is 0 Å². The Bertz CT molecular complexity index is 1770. The molecule has 0 unspecified atom stereocenters. The van der Waals surface area contributed by atoms with Crippen LogP contribution in [0.25, 0.3) is 11.1 Å². The van der Waals surface area contributed by atoms with Crippen LogP contribution in [0.3, 0.4) is 0 Å². The van der Waals surface area contributed by atoms with Crippen LogP contribution in [0.2, 0.25) is 0 Å². The van der Waals surface area contributed by atoms with Crippen molar-refractivity contribution in [2.24, 2.45) is 11.5 Å². The van der Waals surface area contributed by atoms with Crippen molar-refractivity contribution in [3.63, 3.8) is 0 Å². The Balaban J connectivity index is 1.29. The monoisotopic (exact) mass is 661 g/mol. The fourth-order valence-electron chi connectivity index (χ4n) is 6.28. The number of primary amides is 2. The maximum absolute atomic E-state index is 14.3. The van der Waals surface area contributed by atoms with Crippen LogP contribution in [0, 0.1) is 0 Å². The van der Waals surface area contributed by atoms with Crippen molar-refractivity contribution < 1.29 is 57.8 Å². The molecule has 0 aliphatic carbocycles. The summed E-state index contributed by atoms with van der Waals surface area (Å²) < 4.78 is 10.8. The number of hydrogen-bond acceptors (Lipinski definition) is 12. The average Bonchev–Trinajstić information content (AvgIpc) is 3.84. The smallest absolute Gasteiger partial charge is 0.423 e. The van der Waals surface area contributed by atoms with Gasteiger partial charge in [0, 0.05) is 30.5 Å². The van der Waals surface area contributed by atoms with Crippen molar-refractivity contribution >= 4 is 66.6 Å². The van der Waals surface area contributed by atoms with E-state index in [9.17, 15) is 43.6 Å². The zero-order valence-electron chi connectivity index (χ0n) is 25.3. The number of nitrogens with zero attached hydrogens (tertiary/aromatic N) is 2. The molecular formula is C29H29B2N5O12. The van der Waals surface area contributed by atoms with Crippen LogP contribution in [-0.4, -0.2) is 94.3 Å². The first-order valence-corrected chi connectivity index (χ1v) is 15.0. The van der Waals surface area contributed by atoms with Gasteiger partial charge in [-0.15, -0.1) is 5.06 Å². The Labute approximate surface area is 272 Å². The molecule has 48 heavy (non-hydrogen) atoms. The van der Waals surface area contributed by atoms with Crippen LogP contribution in [0.15, 0.2) is 24.3 Å². The predicted octanol–water partition coefficient (Wildman–Crippen LogP) is -3.54. The van der Waals surface area contributed by atoms with Gasteiger partial charge in [-0.25, -0.2) is 4.79 Å². The molecule has 6 amide bonds. The van der Waals surface area contributed by atoms with Crippen molar-refractivity contribution in [3.05, 3.63) is 46.5 Å². The Morgan fingerprint density at radius 1 is 0.958 bits per heavy atom. The maximum atomic E-state index is 14.3. The summed E-state index contributed by atoms with van der Waals surface area (Å²) in [6, 6.07) is 3.24. The van der Waals surface area contributed by atoms with Crippen molar-refractivity contribution in [1.29, 1.82) is 0 Å². The second-order valence-corrected chi connectivity index (χ2v) is 11.7. The highest BCUT2D eigenvalue weighted by molar-refractivity contribution is 6.62. The van der Waals surface area contributed by atoms with E-state index in [0.29, 0.717) is 44.7 Å². The van der Waals surface area contributed by atoms with Gasteiger partial charge in [-0.2, -0.15) is 0 Å². The molecule has 0 radical (unpaired) electrons. The number of hydroxylamine groups is 2. The Morgan fingerprint density at radius 3 is 2.33 bits per heavy atom. The minimum atomic E-state index is -1.59. The fraction of sp³-hybridized carbons (Fsp3) is 0.345. The number of rotatable bonds is 9. The van der Waals surface area contributed by atoms with E-state index < -0.39 is 74.2 Å². The van der Waals surface area contributed by atoms with Gasteiger partial charge >= 0.3 is 20.2 Å². The lowest BCUT2D eigenvalue weighted by molar-refractivity contribution is -0.197. The van der Waals surface area contributed by atoms with Crippen molar-refractivity contribution in [3.8, 4) is 11.1 Å². The van der Waals surface area contributed by atoms with Crippen molar-refractivity contribution in [2.75, 3.05) is 6.54 Å². The molecular weight excluding hydrogens is 632 g/mol. The molecule has 17 nitrogen and oxygen atoms in total. The lowest BCUT2D eigenvalue weighted by atomic mass is 9.74. The summed E-state index contributed by atoms with van der Waals surface area (Å²) in [5.41, 5.74) is 13.5. The number of carbonyl (C=O) groups is 7. The van der Waals surface area contributed by atoms with Gasteiger partial charge in [-0.05, 0) is 70.3 Å². The predicted molar refractivity (Wildman–Crippen MR) is 162 cm³/mol. The van der Waals surface area contributed by atoms with Crippen LogP contribution in [0.5, 0.6) is 0 Å². The van der Waals surface area contributed by atoms with E-state index in [1.165, 1.54) is 23.1 Å². The van der Waals surface area contributed by atoms with Crippen LogP contribution >= 0.6 is 0 Å². The lowest BCUT2D eigenvalue weighted by Crippen LogP contribution is -2.53. The number of imide groups is 1. The summed E-state index contributed by atoms with van der Waals surface area (Å²) in [6.07, 6.45) is -0.491. The normalized spacial score (nSPS) is 19.0. The third-order valence-electron chi connectivity index (χ3n) is 8.73. The molecule has 6 rings (SSSR count). The highest BCUT2D eigenvalue weighted by Gasteiger charge is 2.40. The second-order valence-electron chi connectivity index (χ2n) is 11.7. The molecule has 2 atom stereocenters. The van der Waals surface area contributed by atoms with Crippen LogP contribution in [0.1, 0.15) is 63.9 Å². The Morgan fingerprint density at radius 2 is 1.65 bits per heavy atom. The van der Waals surface area contributed by atoms with Gasteiger partial charge < -0.3 is 45.9 Å². The number of benzene rings is 2. The van der Waals surface area contributed by atoms with E-state index in [1.807, 2.05) is 0 Å². The zero-order chi connectivity index (χ0) is 34.4. The van der Waals surface area contributed by atoms with E-state index in [1.54, 1.807) is 6.07 Å². The highest BCUT2D eigenvalue weighted by Crippen LogP contribution is 2.34. The van der Waals surface area contributed by atoms with Crippen LogP contribution < -0.4 is 27.7 Å².